The predicted octanol–water partition coefficient (Wildman–Crippen LogP) is 6.77. The summed E-state index contributed by atoms with van der Waals surface area (Å²) in [5.41, 5.74) is 5.94. The topological polar surface area (TPSA) is 59.3 Å². The van der Waals surface area contributed by atoms with Crippen LogP contribution in [0.4, 0.5) is 14.5 Å². The number of aryl methyl sites for hydroxylation is 3. The van der Waals surface area contributed by atoms with E-state index in [1.165, 1.54) is 12.1 Å². The van der Waals surface area contributed by atoms with E-state index >= 15 is 0 Å². The number of rotatable bonds is 5. The molecule has 7 heteroatoms. The summed E-state index contributed by atoms with van der Waals surface area (Å²) in [6.07, 6.45) is 4.07. The second kappa shape index (κ2) is 9.34. The van der Waals surface area contributed by atoms with E-state index in [-0.39, 0.29) is 11.5 Å². The van der Waals surface area contributed by atoms with Gasteiger partial charge in [-0.15, -0.1) is 0 Å². The number of benzene rings is 2. The van der Waals surface area contributed by atoms with Gasteiger partial charge in [-0.1, -0.05) is 36.8 Å². The molecule has 0 aliphatic heterocycles. The van der Waals surface area contributed by atoms with Crippen LogP contribution in [0.3, 0.4) is 0 Å². The Morgan fingerprint density at radius 1 is 1.00 bits per heavy atom. The van der Waals surface area contributed by atoms with Gasteiger partial charge in [0.15, 0.2) is 11.6 Å². The third-order valence-corrected chi connectivity index (χ3v) is 6.22. The van der Waals surface area contributed by atoms with Gasteiger partial charge in [0.2, 0.25) is 0 Å². The van der Waals surface area contributed by atoms with Crippen molar-refractivity contribution in [3.8, 4) is 22.5 Å². The van der Waals surface area contributed by atoms with Crippen LogP contribution < -0.4 is 5.32 Å². The number of nitrogens with one attached hydrogen (secondary N) is 1. The molecule has 3 heterocycles. The van der Waals surface area contributed by atoms with E-state index in [1.807, 2.05) is 50.2 Å². The van der Waals surface area contributed by atoms with Gasteiger partial charge in [-0.3, -0.25) is 14.2 Å². The van der Waals surface area contributed by atoms with Crippen LogP contribution in [-0.2, 0) is 6.42 Å². The number of imidazole rings is 1. The number of pyridine rings is 2. The number of hydrogen-bond acceptors (Lipinski definition) is 3. The summed E-state index contributed by atoms with van der Waals surface area (Å²) in [5, 5.41) is 2.93. The standard InChI is InChI=1S/C29H24F2N4O/c1-4-25-27-21(8-6-14-35(27)28(34-25)22-7-5-9-24(30)26(22)31)19-15-23(18(3)32-16-19)29(36)33-20-12-10-17(2)11-13-20/h5-16H,4H2,1-3H3,(H,33,36). The second-order valence-electron chi connectivity index (χ2n) is 8.65. The highest BCUT2D eigenvalue weighted by molar-refractivity contribution is 6.06. The van der Waals surface area contributed by atoms with Crippen LogP contribution in [0, 0.1) is 25.5 Å². The van der Waals surface area contributed by atoms with Gasteiger partial charge >= 0.3 is 0 Å². The molecule has 0 atom stereocenters. The minimum Gasteiger partial charge on any atom is -0.322 e. The van der Waals surface area contributed by atoms with Gasteiger partial charge in [-0.05, 0) is 56.7 Å². The van der Waals surface area contributed by atoms with Crippen molar-refractivity contribution in [3.05, 3.63) is 107 Å². The predicted molar refractivity (Wildman–Crippen MR) is 137 cm³/mol. The van der Waals surface area contributed by atoms with Crippen LogP contribution in [0.25, 0.3) is 28.0 Å². The van der Waals surface area contributed by atoms with Crippen LogP contribution in [0.5, 0.6) is 0 Å². The Morgan fingerprint density at radius 3 is 2.50 bits per heavy atom. The van der Waals surface area contributed by atoms with Gasteiger partial charge in [0.05, 0.1) is 28.0 Å². The van der Waals surface area contributed by atoms with Gasteiger partial charge in [0.25, 0.3) is 5.91 Å². The number of amides is 1. The summed E-state index contributed by atoms with van der Waals surface area (Å²) in [6, 6.07) is 17.2. The number of halogens is 2. The van der Waals surface area contributed by atoms with Crippen molar-refractivity contribution in [1.82, 2.24) is 14.4 Å². The Labute approximate surface area is 207 Å². The van der Waals surface area contributed by atoms with Gasteiger partial charge in [-0.2, -0.15) is 0 Å². The Bertz CT molecular complexity index is 1610. The third kappa shape index (κ3) is 4.13. The maximum absolute atomic E-state index is 14.7. The van der Waals surface area contributed by atoms with E-state index in [0.717, 1.165) is 34.0 Å². The number of carbonyl (C=O) groups is 1. The molecule has 2 aromatic carbocycles. The molecule has 1 N–H and O–H groups in total. The monoisotopic (exact) mass is 482 g/mol. The van der Waals surface area contributed by atoms with Gasteiger partial charge < -0.3 is 5.32 Å². The quantitative estimate of drug-likeness (QED) is 0.301. The number of hydrogen-bond donors (Lipinski definition) is 1. The molecular formula is C29H24F2N4O. The zero-order chi connectivity index (χ0) is 25.4. The molecule has 1 amide bonds. The lowest BCUT2D eigenvalue weighted by atomic mass is 10.0. The van der Waals surface area contributed by atoms with Crippen molar-refractivity contribution >= 4 is 17.1 Å². The highest BCUT2D eigenvalue weighted by Crippen LogP contribution is 2.33. The lowest BCUT2D eigenvalue weighted by Gasteiger charge is -2.12. The van der Waals surface area contributed by atoms with E-state index in [9.17, 15) is 13.6 Å². The molecular weight excluding hydrogens is 458 g/mol. The van der Waals surface area contributed by atoms with Crippen LogP contribution in [-0.4, -0.2) is 20.3 Å². The molecule has 0 aliphatic carbocycles. The fourth-order valence-electron chi connectivity index (χ4n) is 4.31. The maximum atomic E-state index is 14.7. The zero-order valence-electron chi connectivity index (χ0n) is 20.1. The fraction of sp³-hybridized carbons (Fsp3) is 0.138. The molecule has 0 saturated carbocycles. The molecule has 0 unspecified atom stereocenters. The molecule has 0 aliphatic rings. The van der Waals surface area contributed by atoms with Crippen molar-refractivity contribution in [2.24, 2.45) is 0 Å². The summed E-state index contributed by atoms with van der Waals surface area (Å²) in [5.74, 6) is -1.81. The molecule has 36 heavy (non-hydrogen) atoms. The van der Waals surface area contributed by atoms with E-state index < -0.39 is 11.6 Å². The first-order valence-corrected chi connectivity index (χ1v) is 11.7. The van der Waals surface area contributed by atoms with Crippen molar-refractivity contribution in [3.63, 3.8) is 0 Å². The van der Waals surface area contributed by atoms with E-state index in [2.05, 4.69) is 15.3 Å². The summed E-state index contributed by atoms with van der Waals surface area (Å²) >= 11 is 0. The second-order valence-corrected chi connectivity index (χ2v) is 8.65. The van der Waals surface area contributed by atoms with Crippen molar-refractivity contribution in [2.75, 3.05) is 5.32 Å². The Balaban J connectivity index is 1.62. The summed E-state index contributed by atoms with van der Waals surface area (Å²) in [6.45, 7) is 5.73. The highest BCUT2D eigenvalue weighted by atomic mass is 19.2. The van der Waals surface area contributed by atoms with Gasteiger partial charge in [0.1, 0.15) is 5.82 Å². The molecule has 3 aromatic heterocycles. The first kappa shape index (κ1) is 23.4. The Kier molecular flexibility index (Phi) is 6.06. The fourth-order valence-corrected chi connectivity index (χ4v) is 4.31. The number of aromatic nitrogens is 3. The lowest BCUT2D eigenvalue weighted by molar-refractivity contribution is 0.102. The first-order chi connectivity index (χ1) is 17.4. The minimum absolute atomic E-state index is 0.0852. The van der Waals surface area contributed by atoms with Crippen molar-refractivity contribution in [2.45, 2.75) is 27.2 Å². The van der Waals surface area contributed by atoms with Crippen LogP contribution in [0.1, 0.15) is 34.2 Å². The zero-order valence-corrected chi connectivity index (χ0v) is 20.1. The molecule has 5 aromatic rings. The largest absolute Gasteiger partial charge is 0.322 e. The molecule has 180 valence electrons. The minimum atomic E-state index is -0.940. The van der Waals surface area contributed by atoms with E-state index in [0.29, 0.717) is 29.2 Å². The molecule has 0 saturated heterocycles. The summed E-state index contributed by atoms with van der Waals surface area (Å²) in [7, 11) is 0. The SMILES string of the molecule is CCc1nc(-c2cccc(F)c2F)n2cccc(-c3cnc(C)c(C(=O)Nc4ccc(C)cc4)c3)c12. The summed E-state index contributed by atoms with van der Waals surface area (Å²) in [4.78, 5) is 22.2. The van der Waals surface area contributed by atoms with E-state index in [4.69, 9.17) is 0 Å². The molecule has 0 bridgehead atoms. The normalized spacial score (nSPS) is 11.1. The van der Waals surface area contributed by atoms with Crippen molar-refractivity contribution < 1.29 is 13.6 Å². The Morgan fingerprint density at radius 2 is 1.75 bits per heavy atom. The summed E-state index contributed by atoms with van der Waals surface area (Å²) < 4.78 is 30.4. The average Bonchev–Trinajstić information content (AvgIpc) is 3.26. The smallest absolute Gasteiger partial charge is 0.257 e. The molecule has 5 rings (SSSR count). The molecule has 0 radical (unpaired) electrons. The molecule has 0 spiro atoms. The lowest BCUT2D eigenvalue weighted by Crippen LogP contribution is -2.14. The van der Waals surface area contributed by atoms with E-state index in [1.54, 1.807) is 29.8 Å². The average molecular weight is 483 g/mol. The van der Waals surface area contributed by atoms with Crippen LogP contribution >= 0.6 is 0 Å². The highest BCUT2D eigenvalue weighted by Gasteiger charge is 2.20. The van der Waals surface area contributed by atoms with Crippen LogP contribution in [0.15, 0.2) is 73.1 Å². The van der Waals surface area contributed by atoms with Crippen molar-refractivity contribution in [1.29, 1.82) is 0 Å². The Hall–Kier alpha value is -4.39. The number of anilines is 1. The third-order valence-electron chi connectivity index (χ3n) is 6.22. The number of carbonyl (C=O) groups excluding carboxylic acids is 1. The molecule has 0 fully saturated rings. The van der Waals surface area contributed by atoms with Gasteiger partial charge in [0, 0.05) is 29.2 Å². The number of fused-ring (bicyclic) bond motifs is 1. The maximum Gasteiger partial charge on any atom is 0.257 e. The molecule has 5 nitrogen and oxygen atoms in total. The first-order valence-electron chi connectivity index (χ1n) is 11.7. The van der Waals surface area contributed by atoms with Crippen LogP contribution in [0.2, 0.25) is 0 Å². The van der Waals surface area contributed by atoms with Gasteiger partial charge in [-0.25, -0.2) is 13.8 Å². The number of nitrogens with zero attached hydrogens (tertiary/aromatic N) is 3.